The van der Waals surface area contributed by atoms with E-state index < -0.39 is 10.0 Å². The number of nitrogens with zero attached hydrogens (tertiary/aromatic N) is 1. The summed E-state index contributed by atoms with van der Waals surface area (Å²) in [5, 5.41) is 8.94. The molecule has 20 heavy (non-hydrogen) atoms. The Morgan fingerprint density at radius 3 is 2.80 bits per heavy atom. The summed E-state index contributed by atoms with van der Waals surface area (Å²) in [6, 6.07) is 4.96. The molecule has 0 aliphatic carbocycles. The van der Waals surface area contributed by atoms with E-state index in [4.69, 9.17) is 10.8 Å². The molecule has 3 N–H and O–H groups in total. The van der Waals surface area contributed by atoms with E-state index in [0.29, 0.717) is 25.2 Å². The minimum atomic E-state index is -3.47. The first kappa shape index (κ1) is 15.3. The average molecular weight is 298 g/mol. The van der Waals surface area contributed by atoms with E-state index in [1.54, 1.807) is 18.2 Å². The largest absolute Gasteiger partial charge is 0.398 e. The van der Waals surface area contributed by atoms with Gasteiger partial charge in [-0.05, 0) is 42.9 Å². The van der Waals surface area contributed by atoms with Crippen molar-refractivity contribution < 1.29 is 13.5 Å². The topological polar surface area (TPSA) is 83.6 Å². The van der Waals surface area contributed by atoms with Gasteiger partial charge in [0.2, 0.25) is 10.0 Å². The predicted molar refractivity (Wildman–Crippen MR) is 78.8 cm³/mol. The normalized spacial score (nSPS) is 20.4. The number of anilines is 1. The maximum atomic E-state index is 12.5. The van der Waals surface area contributed by atoms with Crippen molar-refractivity contribution in [3.63, 3.8) is 0 Å². The fourth-order valence-electron chi connectivity index (χ4n) is 2.64. The number of nitrogen functional groups attached to an aromatic ring is 1. The molecule has 0 spiro atoms. The molecule has 1 atom stereocenters. The van der Waals surface area contributed by atoms with Gasteiger partial charge in [-0.1, -0.05) is 13.0 Å². The summed E-state index contributed by atoms with van der Waals surface area (Å²) in [6.07, 6.45) is 2.25. The monoisotopic (exact) mass is 298 g/mol. The summed E-state index contributed by atoms with van der Waals surface area (Å²) < 4.78 is 26.6. The molecule has 6 heteroatoms. The van der Waals surface area contributed by atoms with E-state index in [1.165, 1.54) is 4.31 Å². The van der Waals surface area contributed by atoms with Crippen LogP contribution < -0.4 is 5.73 Å². The first-order valence-electron chi connectivity index (χ1n) is 6.98. The second-order valence-corrected chi connectivity index (χ2v) is 7.18. The van der Waals surface area contributed by atoms with Crippen molar-refractivity contribution in [2.75, 3.05) is 25.4 Å². The summed E-state index contributed by atoms with van der Waals surface area (Å²) in [7, 11) is -3.47. The molecule has 1 aliphatic heterocycles. The van der Waals surface area contributed by atoms with Gasteiger partial charge in [0.1, 0.15) is 0 Å². The van der Waals surface area contributed by atoms with Gasteiger partial charge >= 0.3 is 0 Å². The summed E-state index contributed by atoms with van der Waals surface area (Å²) in [5.74, 6) is 0.252. The van der Waals surface area contributed by atoms with Gasteiger partial charge in [-0.15, -0.1) is 0 Å². The van der Waals surface area contributed by atoms with Crippen molar-refractivity contribution in [1.29, 1.82) is 0 Å². The Labute approximate surface area is 120 Å². The zero-order valence-electron chi connectivity index (χ0n) is 11.7. The standard InChI is InChI=1S/C14H22N2O3S/c1-2-12-3-4-13(9-14(12)15)20(18,19)16-7-5-11(10-16)6-8-17/h3-4,9,11,17H,2,5-8,10,15H2,1H3. The van der Waals surface area contributed by atoms with E-state index in [0.717, 1.165) is 18.4 Å². The zero-order chi connectivity index (χ0) is 14.8. The number of nitrogens with two attached hydrogens (primary N) is 1. The Hall–Kier alpha value is -1.11. The maximum Gasteiger partial charge on any atom is 0.243 e. The highest BCUT2D eigenvalue weighted by molar-refractivity contribution is 7.89. The number of aliphatic hydroxyl groups excluding tert-OH is 1. The number of rotatable bonds is 5. The molecular weight excluding hydrogens is 276 g/mol. The van der Waals surface area contributed by atoms with Gasteiger partial charge in [-0.25, -0.2) is 8.42 Å². The lowest BCUT2D eigenvalue weighted by atomic mass is 10.1. The highest BCUT2D eigenvalue weighted by atomic mass is 32.2. The fraction of sp³-hybridized carbons (Fsp3) is 0.571. The Morgan fingerprint density at radius 1 is 1.45 bits per heavy atom. The zero-order valence-corrected chi connectivity index (χ0v) is 12.6. The number of aryl methyl sites for hydroxylation is 1. The molecule has 112 valence electrons. The first-order chi connectivity index (χ1) is 9.48. The van der Waals surface area contributed by atoms with Gasteiger partial charge in [0.25, 0.3) is 0 Å². The molecule has 0 bridgehead atoms. The van der Waals surface area contributed by atoms with Crippen molar-refractivity contribution in [2.45, 2.75) is 31.1 Å². The second kappa shape index (κ2) is 6.11. The number of aliphatic hydroxyl groups is 1. The third-order valence-electron chi connectivity index (χ3n) is 3.92. The van der Waals surface area contributed by atoms with Crippen molar-refractivity contribution >= 4 is 15.7 Å². The molecule has 1 aliphatic rings. The SMILES string of the molecule is CCc1ccc(S(=O)(=O)N2CCC(CCO)C2)cc1N. The molecule has 5 nitrogen and oxygen atoms in total. The van der Waals surface area contributed by atoms with E-state index >= 15 is 0 Å². The van der Waals surface area contributed by atoms with Crippen LogP contribution in [0, 0.1) is 5.92 Å². The van der Waals surface area contributed by atoms with E-state index in [9.17, 15) is 8.42 Å². The van der Waals surface area contributed by atoms with Gasteiger partial charge in [-0.3, -0.25) is 0 Å². The Balaban J connectivity index is 2.21. The van der Waals surface area contributed by atoms with Gasteiger partial charge in [0, 0.05) is 25.4 Å². The van der Waals surface area contributed by atoms with Crippen LogP contribution in [0.3, 0.4) is 0 Å². The van der Waals surface area contributed by atoms with Crippen molar-refractivity contribution in [1.82, 2.24) is 4.31 Å². The van der Waals surface area contributed by atoms with Crippen molar-refractivity contribution in [3.05, 3.63) is 23.8 Å². The quantitative estimate of drug-likeness (QED) is 0.801. The minimum absolute atomic E-state index is 0.108. The van der Waals surface area contributed by atoms with Crippen molar-refractivity contribution in [3.8, 4) is 0 Å². The summed E-state index contributed by atoms with van der Waals surface area (Å²) in [4.78, 5) is 0.261. The van der Waals surface area contributed by atoms with Gasteiger partial charge < -0.3 is 10.8 Å². The number of hydrogen-bond acceptors (Lipinski definition) is 4. The molecule has 1 aromatic rings. The molecular formula is C14H22N2O3S. The lowest BCUT2D eigenvalue weighted by molar-refractivity contribution is 0.259. The molecule has 2 rings (SSSR count). The van der Waals surface area contributed by atoms with E-state index in [2.05, 4.69) is 0 Å². The van der Waals surface area contributed by atoms with Crippen LogP contribution in [0.1, 0.15) is 25.3 Å². The van der Waals surface area contributed by atoms with Crippen LogP contribution in [0.4, 0.5) is 5.69 Å². The third kappa shape index (κ3) is 2.97. The lowest BCUT2D eigenvalue weighted by Crippen LogP contribution is -2.29. The van der Waals surface area contributed by atoms with Gasteiger partial charge in [-0.2, -0.15) is 4.31 Å². The molecule has 1 unspecified atom stereocenters. The molecule has 1 aromatic carbocycles. The Bertz CT molecular complexity index is 572. The summed E-state index contributed by atoms with van der Waals surface area (Å²) in [5.41, 5.74) is 7.38. The van der Waals surface area contributed by atoms with Crippen molar-refractivity contribution in [2.24, 2.45) is 5.92 Å². The fourth-order valence-corrected chi connectivity index (χ4v) is 4.21. The Kier molecular flexibility index (Phi) is 4.67. The average Bonchev–Trinajstić information content (AvgIpc) is 2.88. The number of benzene rings is 1. The molecule has 1 heterocycles. The van der Waals surface area contributed by atoms with Gasteiger partial charge in [0.05, 0.1) is 4.90 Å². The highest BCUT2D eigenvalue weighted by Crippen LogP contribution is 2.27. The van der Waals surface area contributed by atoms with Gasteiger partial charge in [0.15, 0.2) is 0 Å². The lowest BCUT2D eigenvalue weighted by Gasteiger charge is -2.17. The van der Waals surface area contributed by atoms with Crippen LogP contribution in [-0.2, 0) is 16.4 Å². The van der Waals surface area contributed by atoms with Crippen LogP contribution in [0.25, 0.3) is 0 Å². The molecule has 0 saturated carbocycles. The highest BCUT2D eigenvalue weighted by Gasteiger charge is 2.32. The predicted octanol–water partition coefficient (Wildman–Crippen LogP) is 1.22. The smallest absolute Gasteiger partial charge is 0.243 e. The molecule has 0 amide bonds. The molecule has 0 radical (unpaired) electrons. The van der Waals surface area contributed by atoms with Crippen LogP contribution in [0.15, 0.2) is 23.1 Å². The molecule has 0 aromatic heterocycles. The van der Waals surface area contributed by atoms with Crippen LogP contribution >= 0.6 is 0 Å². The second-order valence-electron chi connectivity index (χ2n) is 5.24. The molecule has 1 fully saturated rings. The summed E-state index contributed by atoms with van der Waals surface area (Å²) in [6.45, 7) is 3.09. The van der Waals surface area contributed by atoms with Crippen LogP contribution in [0.5, 0.6) is 0 Å². The third-order valence-corrected chi connectivity index (χ3v) is 5.78. The van der Waals surface area contributed by atoms with E-state index in [-0.39, 0.29) is 17.4 Å². The van der Waals surface area contributed by atoms with Crippen LogP contribution in [0.2, 0.25) is 0 Å². The van der Waals surface area contributed by atoms with Crippen LogP contribution in [-0.4, -0.2) is 37.5 Å². The van der Waals surface area contributed by atoms with E-state index in [1.807, 2.05) is 6.92 Å². The maximum absolute atomic E-state index is 12.5. The molecule has 1 saturated heterocycles. The summed E-state index contributed by atoms with van der Waals surface area (Å²) >= 11 is 0. The number of sulfonamides is 1. The Morgan fingerprint density at radius 2 is 2.20 bits per heavy atom. The minimum Gasteiger partial charge on any atom is -0.398 e. The first-order valence-corrected chi connectivity index (χ1v) is 8.42. The number of hydrogen-bond donors (Lipinski definition) is 2.